The number of anilines is 1. The van der Waals surface area contributed by atoms with Crippen molar-refractivity contribution < 1.29 is 0 Å². The molecule has 1 fully saturated rings. The van der Waals surface area contributed by atoms with Gasteiger partial charge in [0.1, 0.15) is 0 Å². The molecule has 2 heterocycles. The van der Waals surface area contributed by atoms with E-state index in [1.165, 1.54) is 42.3 Å². The molecule has 2 aliphatic rings. The normalized spacial score (nSPS) is 28.5. The molecule has 0 aromatic heterocycles. The Balaban J connectivity index is 1.62. The molecule has 2 atom stereocenters. The number of thioether (sulfide) groups is 1. The van der Waals surface area contributed by atoms with E-state index in [-0.39, 0.29) is 0 Å². The molecule has 0 aliphatic carbocycles. The standard InChI is InChI=1S/C15H22N2S/c1-12-11-18-7-6-17(12)10-13-8-14-4-2-3-5-15(14)16-9-13/h2-5,12-13,16H,6-11H2,1H3. The SMILES string of the molecule is CC1CSCCN1CC1CNc2ccccc2C1. The highest BCUT2D eigenvalue weighted by molar-refractivity contribution is 7.99. The summed E-state index contributed by atoms with van der Waals surface area (Å²) in [6, 6.07) is 9.50. The van der Waals surface area contributed by atoms with Gasteiger partial charge in [-0.05, 0) is 30.9 Å². The van der Waals surface area contributed by atoms with Crippen LogP contribution in [0, 0.1) is 5.92 Å². The van der Waals surface area contributed by atoms with Gasteiger partial charge in [-0.15, -0.1) is 0 Å². The Bertz CT molecular complexity index is 407. The summed E-state index contributed by atoms with van der Waals surface area (Å²) in [4.78, 5) is 2.68. The van der Waals surface area contributed by atoms with E-state index in [1.54, 1.807) is 0 Å². The number of fused-ring (bicyclic) bond motifs is 1. The number of para-hydroxylation sites is 1. The Morgan fingerprint density at radius 3 is 3.17 bits per heavy atom. The summed E-state index contributed by atoms with van der Waals surface area (Å²) in [5, 5.41) is 3.59. The van der Waals surface area contributed by atoms with Crippen molar-refractivity contribution >= 4 is 17.4 Å². The molecule has 1 N–H and O–H groups in total. The zero-order chi connectivity index (χ0) is 12.4. The maximum atomic E-state index is 3.59. The Kier molecular flexibility index (Phi) is 3.80. The third-order valence-electron chi connectivity index (χ3n) is 4.11. The van der Waals surface area contributed by atoms with Crippen molar-refractivity contribution in [3.8, 4) is 0 Å². The fourth-order valence-corrected chi connectivity index (χ4v) is 4.08. The first-order chi connectivity index (χ1) is 8.83. The molecule has 0 radical (unpaired) electrons. The van der Waals surface area contributed by atoms with Crippen molar-refractivity contribution in [2.75, 3.05) is 36.5 Å². The molecule has 1 saturated heterocycles. The first-order valence-corrected chi connectivity index (χ1v) is 8.12. The van der Waals surface area contributed by atoms with Crippen molar-refractivity contribution in [1.29, 1.82) is 0 Å². The number of nitrogens with zero attached hydrogens (tertiary/aromatic N) is 1. The van der Waals surface area contributed by atoms with E-state index in [2.05, 4.69) is 53.2 Å². The lowest BCUT2D eigenvalue weighted by molar-refractivity contribution is 0.197. The van der Waals surface area contributed by atoms with Crippen LogP contribution in [0.1, 0.15) is 12.5 Å². The van der Waals surface area contributed by atoms with Crippen LogP contribution in [0.15, 0.2) is 24.3 Å². The monoisotopic (exact) mass is 262 g/mol. The lowest BCUT2D eigenvalue weighted by Gasteiger charge is -2.37. The second-order valence-corrected chi connectivity index (χ2v) is 6.68. The highest BCUT2D eigenvalue weighted by atomic mass is 32.2. The molecule has 3 rings (SSSR count). The predicted molar refractivity (Wildman–Crippen MR) is 80.5 cm³/mol. The van der Waals surface area contributed by atoms with E-state index in [9.17, 15) is 0 Å². The molecule has 3 heteroatoms. The third-order valence-corrected chi connectivity index (χ3v) is 5.29. The second-order valence-electron chi connectivity index (χ2n) is 5.53. The molecule has 98 valence electrons. The summed E-state index contributed by atoms with van der Waals surface area (Å²) in [6.07, 6.45) is 1.24. The summed E-state index contributed by atoms with van der Waals surface area (Å²) in [5.74, 6) is 3.38. The molecule has 0 amide bonds. The number of hydrogen-bond donors (Lipinski definition) is 1. The van der Waals surface area contributed by atoms with Crippen molar-refractivity contribution in [2.24, 2.45) is 5.92 Å². The zero-order valence-corrected chi connectivity index (χ0v) is 11.9. The molecule has 2 unspecified atom stereocenters. The molecular weight excluding hydrogens is 240 g/mol. The largest absolute Gasteiger partial charge is 0.384 e. The smallest absolute Gasteiger partial charge is 0.0372 e. The molecule has 0 bridgehead atoms. The fourth-order valence-electron chi connectivity index (χ4n) is 3.00. The Morgan fingerprint density at radius 1 is 1.39 bits per heavy atom. The molecule has 0 spiro atoms. The number of nitrogens with one attached hydrogen (secondary N) is 1. The van der Waals surface area contributed by atoms with Gasteiger partial charge < -0.3 is 5.32 Å². The maximum absolute atomic E-state index is 3.59. The van der Waals surface area contributed by atoms with Crippen LogP contribution >= 0.6 is 11.8 Å². The van der Waals surface area contributed by atoms with Gasteiger partial charge in [-0.1, -0.05) is 18.2 Å². The molecule has 1 aromatic rings. The quantitative estimate of drug-likeness (QED) is 0.882. The molecule has 2 aliphatic heterocycles. The summed E-state index contributed by atoms with van der Waals surface area (Å²) in [7, 11) is 0. The lowest BCUT2D eigenvalue weighted by atomic mass is 9.93. The maximum Gasteiger partial charge on any atom is 0.0372 e. The molecule has 0 saturated carbocycles. The fraction of sp³-hybridized carbons (Fsp3) is 0.600. The van der Waals surface area contributed by atoms with Crippen LogP contribution in [-0.4, -0.2) is 42.1 Å². The summed E-state index contributed by atoms with van der Waals surface area (Å²) >= 11 is 2.10. The molecule has 2 nitrogen and oxygen atoms in total. The van der Waals surface area contributed by atoms with Gasteiger partial charge in [-0.3, -0.25) is 4.90 Å². The molecule has 18 heavy (non-hydrogen) atoms. The second kappa shape index (κ2) is 5.54. The Morgan fingerprint density at radius 2 is 2.28 bits per heavy atom. The highest BCUT2D eigenvalue weighted by Gasteiger charge is 2.24. The van der Waals surface area contributed by atoms with Crippen LogP contribution in [0.4, 0.5) is 5.69 Å². The van der Waals surface area contributed by atoms with Crippen molar-refractivity contribution in [3.05, 3.63) is 29.8 Å². The topological polar surface area (TPSA) is 15.3 Å². The van der Waals surface area contributed by atoms with Crippen molar-refractivity contribution in [2.45, 2.75) is 19.4 Å². The van der Waals surface area contributed by atoms with E-state index in [0.29, 0.717) is 0 Å². The van der Waals surface area contributed by atoms with Crippen LogP contribution < -0.4 is 5.32 Å². The van der Waals surface area contributed by atoms with Crippen LogP contribution in [0.2, 0.25) is 0 Å². The predicted octanol–water partition coefficient (Wildman–Crippen LogP) is 2.71. The zero-order valence-electron chi connectivity index (χ0n) is 11.1. The Hall–Kier alpha value is -0.670. The van der Waals surface area contributed by atoms with Crippen LogP contribution in [0.25, 0.3) is 0 Å². The van der Waals surface area contributed by atoms with E-state index < -0.39 is 0 Å². The minimum absolute atomic E-state index is 0.751. The van der Waals surface area contributed by atoms with Crippen LogP contribution in [0.3, 0.4) is 0 Å². The van der Waals surface area contributed by atoms with E-state index in [0.717, 1.165) is 18.5 Å². The van der Waals surface area contributed by atoms with Crippen LogP contribution in [0.5, 0.6) is 0 Å². The van der Waals surface area contributed by atoms with E-state index >= 15 is 0 Å². The number of benzene rings is 1. The van der Waals surface area contributed by atoms with Gasteiger partial charge in [0.25, 0.3) is 0 Å². The van der Waals surface area contributed by atoms with Crippen LogP contribution in [-0.2, 0) is 6.42 Å². The highest BCUT2D eigenvalue weighted by Crippen LogP contribution is 2.26. The van der Waals surface area contributed by atoms with Crippen molar-refractivity contribution in [3.63, 3.8) is 0 Å². The number of rotatable bonds is 2. The van der Waals surface area contributed by atoms with Gasteiger partial charge in [0.2, 0.25) is 0 Å². The summed E-state index contributed by atoms with van der Waals surface area (Å²) in [6.45, 7) is 6.02. The average molecular weight is 262 g/mol. The first-order valence-electron chi connectivity index (χ1n) is 6.96. The van der Waals surface area contributed by atoms with Gasteiger partial charge >= 0.3 is 0 Å². The van der Waals surface area contributed by atoms with E-state index in [4.69, 9.17) is 0 Å². The first kappa shape index (κ1) is 12.4. The van der Waals surface area contributed by atoms with Gasteiger partial charge in [0.05, 0.1) is 0 Å². The third kappa shape index (κ3) is 2.67. The van der Waals surface area contributed by atoms with Gasteiger partial charge in [0.15, 0.2) is 0 Å². The minimum Gasteiger partial charge on any atom is -0.384 e. The minimum atomic E-state index is 0.751. The lowest BCUT2D eigenvalue weighted by Crippen LogP contribution is -2.45. The number of hydrogen-bond acceptors (Lipinski definition) is 3. The van der Waals surface area contributed by atoms with E-state index in [1.807, 2.05) is 0 Å². The molecular formula is C15H22N2S. The van der Waals surface area contributed by atoms with Gasteiger partial charge in [0, 0.05) is 42.9 Å². The Labute approximate surface area is 114 Å². The average Bonchev–Trinajstić information content (AvgIpc) is 2.41. The molecule has 1 aromatic carbocycles. The van der Waals surface area contributed by atoms with Gasteiger partial charge in [-0.25, -0.2) is 0 Å². The summed E-state index contributed by atoms with van der Waals surface area (Å²) in [5.41, 5.74) is 2.84. The van der Waals surface area contributed by atoms with Gasteiger partial charge in [-0.2, -0.15) is 11.8 Å². The summed E-state index contributed by atoms with van der Waals surface area (Å²) < 4.78 is 0. The van der Waals surface area contributed by atoms with Crippen molar-refractivity contribution in [1.82, 2.24) is 4.90 Å².